The average molecular weight is 406 g/mol. The Morgan fingerprint density at radius 3 is 2.28 bits per heavy atom. The Morgan fingerprint density at radius 2 is 1.62 bits per heavy atom. The topological polar surface area (TPSA) is 76.7 Å². The van der Waals surface area contributed by atoms with Crippen molar-refractivity contribution in [3.8, 4) is 11.5 Å². The maximum absolute atomic E-state index is 13.1. The number of fused-ring (bicyclic) bond motifs is 1. The fourth-order valence-electron chi connectivity index (χ4n) is 6.12. The smallest absolute Gasteiger partial charge is 0.395 e. The standard InChI is InChI=1S/C21H24F2N2O4/c22-21(23)28-16-2-1-15(8-17(16)29-21)25-18(26)3-4-24-19(27)20-9-12-5-13(10-20)7-14(6-12)11-20/h1-2,8,12-14H,3-7,9-11H2,(H,24,27)(H,25,26). The number of ether oxygens (including phenoxy) is 2. The number of hydrogen-bond acceptors (Lipinski definition) is 4. The van der Waals surface area contributed by atoms with E-state index in [0.717, 1.165) is 19.3 Å². The molecule has 1 aromatic carbocycles. The summed E-state index contributed by atoms with van der Waals surface area (Å²) >= 11 is 0. The summed E-state index contributed by atoms with van der Waals surface area (Å²) in [5.74, 6) is 1.66. The van der Waals surface area contributed by atoms with E-state index in [2.05, 4.69) is 20.1 Å². The van der Waals surface area contributed by atoms with Gasteiger partial charge in [0, 0.05) is 30.1 Å². The first-order valence-corrected chi connectivity index (χ1v) is 10.3. The normalized spacial score (nSPS) is 32.8. The van der Waals surface area contributed by atoms with E-state index in [1.807, 2.05) is 0 Å². The van der Waals surface area contributed by atoms with Gasteiger partial charge in [-0.15, -0.1) is 8.78 Å². The number of amides is 2. The molecule has 1 heterocycles. The Labute approximate surface area is 167 Å². The average Bonchev–Trinajstić information content (AvgIpc) is 2.93. The van der Waals surface area contributed by atoms with Gasteiger partial charge in [0.25, 0.3) is 0 Å². The monoisotopic (exact) mass is 406 g/mol. The summed E-state index contributed by atoms with van der Waals surface area (Å²) < 4.78 is 34.9. The molecule has 0 spiro atoms. The lowest BCUT2D eigenvalue weighted by Crippen LogP contribution is -2.53. The number of anilines is 1. The van der Waals surface area contributed by atoms with Gasteiger partial charge in [0.2, 0.25) is 11.8 Å². The first-order valence-electron chi connectivity index (χ1n) is 10.3. The highest BCUT2D eigenvalue weighted by Gasteiger charge is 2.54. The summed E-state index contributed by atoms with van der Waals surface area (Å²) in [6.45, 7) is 0.259. The zero-order valence-corrected chi connectivity index (χ0v) is 16.0. The predicted octanol–water partition coefficient (Wildman–Crippen LogP) is 3.67. The molecule has 0 unspecified atom stereocenters. The molecular formula is C21H24F2N2O4. The number of carbonyl (C=O) groups excluding carboxylic acids is 2. The Kier molecular flexibility index (Phi) is 4.22. The molecule has 0 saturated heterocycles. The van der Waals surface area contributed by atoms with Crippen LogP contribution in [0, 0.1) is 23.2 Å². The molecule has 1 aromatic rings. The van der Waals surface area contributed by atoms with Gasteiger partial charge in [-0.2, -0.15) is 0 Å². The van der Waals surface area contributed by atoms with Gasteiger partial charge >= 0.3 is 6.29 Å². The van der Waals surface area contributed by atoms with Crippen LogP contribution < -0.4 is 20.1 Å². The van der Waals surface area contributed by atoms with Crippen LogP contribution in [0.2, 0.25) is 0 Å². The van der Waals surface area contributed by atoms with E-state index in [4.69, 9.17) is 0 Å². The molecule has 5 aliphatic rings. The number of alkyl halides is 2. The summed E-state index contributed by atoms with van der Waals surface area (Å²) in [4.78, 5) is 25.1. The molecule has 0 atom stereocenters. The lowest BCUT2D eigenvalue weighted by atomic mass is 9.49. The molecule has 156 valence electrons. The van der Waals surface area contributed by atoms with Crippen LogP contribution in [0.1, 0.15) is 44.9 Å². The van der Waals surface area contributed by atoms with Crippen LogP contribution in [0.3, 0.4) is 0 Å². The summed E-state index contributed by atoms with van der Waals surface area (Å²) in [7, 11) is 0. The zero-order chi connectivity index (χ0) is 20.2. The summed E-state index contributed by atoms with van der Waals surface area (Å²) in [5, 5.41) is 5.60. The predicted molar refractivity (Wildman–Crippen MR) is 99.5 cm³/mol. The molecule has 4 fully saturated rings. The van der Waals surface area contributed by atoms with Crippen LogP contribution in [-0.2, 0) is 9.59 Å². The quantitative estimate of drug-likeness (QED) is 0.782. The van der Waals surface area contributed by atoms with Crippen LogP contribution in [-0.4, -0.2) is 24.7 Å². The zero-order valence-electron chi connectivity index (χ0n) is 16.0. The van der Waals surface area contributed by atoms with Crippen molar-refractivity contribution in [1.82, 2.24) is 5.32 Å². The van der Waals surface area contributed by atoms with Crippen LogP contribution in [0.4, 0.5) is 14.5 Å². The van der Waals surface area contributed by atoms with E-state index in [-0.39, 0.29) is 41.7 Å². The summed E-state index contributed by atoms with van der Waals surface area (Å²) in [6.07, 6.45) is 3.20. The number of benzene rings is 1. The first-order chi connectivity index (χ1) is 13.8. The molecule has 0 radical (unpaired) electrons. The third kappa shape index (κ3) is 3.53. The van der Waals surface area contributed by atoms with Crippen molar-refractivity contribution in [2.24, 2.45) is 23.2 Å². The van der Waals surface area contributed by atoms with E-state index < -0.39 is 6.29 Å². The molecule has 2 amide bonds. The van der Waals surface area contributed by atoms with Gasteiger partial charge in [-0.1, -0.05) is 0 Å². The molecule has 29 heavy (non-hydrogen) atoms. The second-order valence-electron chi connectivity index (χ2n) is 9.08. The van der Waals surface area contributed by atoms with Crippen LogP contribution in [0.25, 0.3) is 0 Å². The van der Waals surface area contributed by atoms with Gasteiger partial charge in [-0.3, -0.25) is 9.59 Å². The maximum atomic E-state index is 13.1. The first kappa shape index (κ1) is 18.6. The van der Waals surface area contributed by atoms with Crippen molar-refractivity contribution in [2.45, 2.75) is 51.2 Å². The third-order valence-corrected chi connectivity index (χ3v) is 6.84. The Hall–Kier alpha value is -2.38. The van der Waals surface area contributed by atoms with Crippen molar-refractivity contribution in [2.75, 3.05) is 11.9 Å². The van der Waals surface area contributed by atoms with Crippen molar-refractivity contribution in [3.05, 3.63) is 18.2 Å². The molecular weight excluding hydrogens is 382 g/mol. The fraction of sp³-hybridized carbons (Fsp3) is 0.619. The number of hydrogen-bond donors (Lipinski definition) is 2. The largest absolute Gasteiger partial charge is 0.586 e. The van der Waals surface area contributed by atoms with E-state index in [9.17, 15) is 18.4 Å². The molecule has 4 saturated carbocycles. The Balaban J connectivity index is 1.12. The fourth-order valence-corrected chi connectivity index (χ4v) is 6.12. The molecule has 2 N–H and O–H groups in total. The van der Waals surface area contributed by atoms with Crippen molar-refractivity contribution >= 4 is 17.5 Å². The van der Waals surface area contributed by atoms with Crippen molar-refractivity contribution < 1.29 is 27.8 Å². The third-order valence-electron chi connectivity index (χ3n) is 6.84. The van der Waals surface area contributed by atoms with E-state index >= 15 is 0 Å². The van der Waals surface area contributed by atoms with E-state index in [1.165, 1.54) is 37.5 Å². The molecule has 6 nitrogen and oxygen atoms in total. The SMILES string of the molecule is O=C(CCNC(=O)C12CC3CC(CC(C3)C1)C2)Nc1ccc2c(c1)OC(F)(F)O2. The highest BCUT2D eigenvalue weighted by atomic mass is 19.3. The second-order valence-corrected chi connectivity index (χ2v) is 9.08. The Morgan fingerprint density at radius 1 is 1.00 bits per heavy atom. The van der Waals surface area contributed by atoms with Gasteiger partial charge in [-0.25, -0.2) is 0 Å². The van der Waals surface area contributed by atoms with E-state index in [0.29, 0.717) is 23.4 Å². The summed E-state index contributed by atoms with van der Waals surface area (Å²) in [6, 6.07) is 4.08. The summed E-state index contributed by atoms with van der Waals surface area (Å²) in [5.41, 5.74) is 0.107. The van der Waals surface area contributed by atoms with Gasteiger partial charge in [-0.05, 0) is 68.4 Å². The maximum Gasteiger partial charge on any atom is 0.586 e. The molecule has 4 bridgehead atoms. The van der Waals surface area contributed by atoms with Crippen molar-refractivity contribution in [1.29, 1.82) is 0 Å². The van der Waals surface area contributed by atoms with Crippen LogP contribution >= 0.6 is 0 Å². The number of nitrogens with one attached hydrogen (secondary N) is 2. The minimum Gasteiger partial charge on any atom is -0.395 e. The molecule has 0 aromatic heterocycles. The van der Waals surface area contributed by atoms with Crippen LogP contribution in [0.15, 0.2) is 18.2 Å². The van der Waals surface area contributed by atoms with Gasteiger partial charge in [0.15, 0.2) is 11.5 Å². The van der Waals surface area contributed by atoms with Crippen LogP contribution in [0.5, 0.6) is 11.5 Å². The molecule has 1 aliphatic heterocycles. The lowest BCUT2D eigenvalue weighted by molar-refractivity contribution is -0.286. The highest BCUT2D eigenvalue weighted by Crippen LogP contribution is 2.60. The number of rotatable bonds is 5. The minimum atomic E-state index is -3.69. The second kappa shape index (κ2) is 6.57. The number of halogens is 2. The van der Waals surface area contributed by atoms with Crippen molar-refractivity contribution in [3.63, 3.8) is 0 Å². The van der Waals surface area contributed by atoms with Gasteiger partial charge in [0.05, 0.1) is 0 Å². The van der Waals surface area contributed by atoms with Gasteiger partial charge < -0.3 is 20.1 Å². The lowest BCUT2D eigenvalue weighted by Gasteiger charge is -2.55. The number of carbonyl (C=O) groups is 2. The molecule has 4 aliphatic carbocycles. The van der Waals surface area contributed by atoms with Gasteiger partial charge in [0.1, 0.15) is 0 Å². The van der Waals surface area contributed by atoms with E-state index in [1.54, 1.807) is 0 Å². The minimum absolute atomic E-state index is 0.0733. The molecule has 8 heteroatoms. The Bertz CT molecular complexity index is 822. The molecule has 6 rings (SSSR count). The highest BCUT2D eigenvalue weighted by molar-refractivity contribution is 5.91.